The Morgan fingerprint density at radius 3 is 2.79 bits per heavy atom. The Bertz CT molecular complexity index is 1170. The topological polar surface area (TPSA) is 82.8 Å². The highest BCUT2D eigenvalue weighted by Gasteiger charge is 2.31. The number of para-hydroxylation sites is 2. The first-order chi connectivity index (χ1) is 13.6. The number of aromatic hydroxyl groups is 1. The van der Waals surface area contributed by atoms with Gasteiger partial charge in [-0.15, -0.1) is 0 Å². The Labute approximate surface area is 161 Å². The molecule has 0 spiro atoms. The van der Waals surface area contributed by atoms with E-state index in [-0.39, 0.29) is 11.3 Å². The summed E-state index contributed by atoms with van der Waals surface area (Å²) >= 11 is 0. The van der Waals surface area contributed by atoms with E-state index in [4.69, 9.17) is 4.99 Å². The molecule has 140 valence electrons. The van der Waals surface area contributed by atoms with Crippen molar-refractivity contribution < 1.29 is 5.11 Å². The molecule has 2 aliphatic heterocycles. The molecule has 0 saturated carbocycles. The van der Waals surface area contributed by atoms with Gasteiger partial charge in [0.15, 0.2) is 6.17 Å². The second-order valence-corrected chi connectivity index (χ2v) is 6.97. The number of benzene rings is 2. The van der Waals surface area contributed by atoms with Crippen LogP contribution in [-0.2, 0) is 6.42 Å². The number of phenolic OH excluding ortho intramolecular Hbond substituents is 1. The van der Waals surface area contributed by atoms with Crippen LogP contribution in [0.4, 0.5) is 11.6 Å². The summed E-state index contributed by atoms with van der Waals surface area (Å²) in [5, 5.41) is 13.6. The molecule has 7 heteroatoms. The average Bonchev–Trinajstić information content (AvgIpc) is 3.11. The van der Waals surface area contributed by atoms with E-state index in [9.17, 15) is 9.90 Å². The summed E-state index contributed by atoms with van der Waals surface area (Å²) in [4.78, 5) is 24.2. The third-order valence-corrected chi connectivity index (χ3v) is 5.15. The molecule has 0 saturated heterocycles. The smallest absolute Gasteiger partial charge is 0.257 e. The molecule has 3 heterocycles. The first kappa shape index (κ1) is 16.6. The number of guanidine groups is 1. The Morgan fingerprint density at radius 1 is 1.14 bits per heavy atom. The highest BCUT2D eigenvalue weighted by atomic mass is 16.3. The van der Waals surface area contributed by atoms with Gasteiger partial charge < -0.3 is 10.0 Å². The van der Waals surface area contributed by atoms with Crippen LogP contribution in [0.5, 0.6) is 5.75 Å². The number of hydrogen-bond acceptors (Lipinski definition) is 6. The van der Waals surface area contributed by atoms with E-state index in [0.29, 0.717) is 23.2 Å². The van der Waals surface area contributed by atoms with Crippen LogP contribution in [0.3, 0.4) is 0 Å². The molecule has 1 atom stereocenters. The second-order valence-electron chi connectivity index (χ2n) is 6.97. The maximum absolute atomic E-state index is 12.7. The summed E-state index contributed by atoms with van der Waals surface area (Å²) in [6.45, 7) is 2.57. The lowest BCUT2D eigenvalue weighted by atomic mass is 10.1. The van der Waals surface area contributed by atoms with E-state index in [1.807, 2.05) is 18.2 Å². The molecule has 7 nitrogen and oxygen atoms in total. The van der Waals surface area contributed by atoms with Crippen molar-refractivity contribution in [2.24, 2.45) is 4.99 Å². The summed E-state index contributed by atoms with van der Waals surface area (Å²) in [5.74, 6) is 1.14. The third-order valence-electron chi connectivity index (χ3n) is 5.15. The molecule has 0 unspecified atom stereocenters. The fraction of sp³-hybridized carbons (Fsp3) is 0.190. The van der Waals surface area contributed by atoms with Crippen molar-refractivity contribution in [3.8, 4) is 5.75 Å². The van der Waals surface area contributed by atoms with Gasteiger partial charge in [-0.2, -0.15) is 0 Å². The maximum atomic E-state index is 12.7. The van der Waals surface area contributed by atoms with Gasteiger partial charge in [0.1, 0.15) is 5.75 Å². The molecular formula is C21H19N5O2. The van der Waals surface area contributed by atoms with Gasteiger partial charge in [-0.05, 0) is 31.0 Å². The number of rotatable bonds is 1. The Hall–Kier alpha value is -3.61. The van der Waals surface area contributed by atoms with E-state index in [0.717, 1.165) is 18.7 Å². The van der Waals surface area contributed by atoms with Gasteiger partial charge in [-0.1, -0.05) is 36.4 Å². The summed E-state index contributed by atoms with van der Waals surface area (Å²) in [6, 6.07) is 16.6. The molecule has 2 aliphatic rings. The molecule has 28 heavy (non-hydrogen) atoms. The van der Waals surface area contributed by atoms with Crippen molar-refractivity contribution in [3.63, 3.8) is 0 Å². The van der Waals surface area contributed by atoms with Crippen LogP contribution in [0, 0.1) is 6.92 Å². The Morgan fingerprint density at radius 2 is 1.93 bits per heavy atom. The summed E-state index contributed by atoms with van der Waals surface area (Å²) in [5.41, 5.74) is 3.32. The van der Waals surface area contributed by atoms with Gasteiger partial charge in [0.2, 0.25) is 11.9 Å². The first-order valence-electron chi connectivity index (χ1n) is 9.20. The number of hydrogen-bond donors (Lipinski definition) is 2. The fourth-order valence-corrected chi connectivity index (χ4v) is 3.85. The van der Waals surface area contributed by atoms with Gasteiger partial charge in [0.05, 0.1) is 0 Å². The normalized spacial score (nSPS) is 17.5. The van der Waals surface area contributed by atoms with Crippen LogP contribution >= 0.6 is 0 Å². The van der Waals surface area contributed by atoms with Crippen LogP contribution < -0.4 is 15.8 Å². The number of nitrogens with one attached hydrogen (secondary N) is 1. The zero-order valence-corrected chi connectivity index (χ0v) is 15.3. The lowest BCUT2D eigenvalue weighted by Crippen LogP contribution is -2.43. The summed E-state index contributed by atoms with van der Waals surface area (Å²) in [6.07, 6.45) is 0.229. The predicted molar refractivity (Wildman–Crippen MR) is 108 cm³/mol. The second kappa shape index (κ2) is 6.23. The van der Waals surface area contributed by atoms with E-state index < -0.39 is 6.17 Å². The zero-order chi connectivity index (χ0) is 19.3. The molecule has 0 aliphatic carbocycles. The van der Waals surface area contributed by atoms with Crippen LogP contribution in [0.1, 0.15) is 23.0 Å². The van der Waals surface area contributed by atoms with Crippen LogP contribution in [-0.4, -0.2) is 27.2 Å². The molecule has 0 bridgehead atoms. The van der Waals surface area contributed by atoms with E-state index in [1.165, 1.54) is 16.2 Å². The number of aromatic nitrogens is 2. The molecule has 3 aromatic rings. The Balaban J connectivity index is 1.69. The highest BCUT2D eigenvalue weighted by molar-refractivity contribution is 6.06. The maximum Gasteiger partial charge on any atom is 0.257 e. The number of aryl methyl sites for hydroxylation is 1. The highest BCUT2D eigenvalue weighted by Crippen LogP contribution is 2.34. The predicted octanol–water partition coefficient (Wildman–Crippen LogP) is 2.65. The molecule has 0 fully saturated rings. The summed E-state index contributed by atoms with van der Waals surface area (Å²) < 4.78 is 1.48. The number of aliphatic imine (C=N–C) groups is 1. The van der Waals surface area contributed by atoms with Crippen LogP contribution in [0.25, 0.3) is 0 Å². The molecule has 2 N–H and O–H groups in total. The van der Waals surface area contributed by atoms with Gasteiger partial charge in [-0.3, -0.25) is 14.7 Å². The lowest BCUT2D eigenvalue weighted by molar-refractivity contribution is 0.451. The monoisotopic (exact) mass is 373 g/mol. The number of phenols is 1. The van der Waals surface area contributed by atoms with E-state index in [1.54, 1.807) is 25.1 Å². The van der Waals surface area contributed by atoms with Crippen molar-refractivity contribution in [1.29, 1.82) is 0 Å². The average molecular weight is 373 g/mol. The van der Waals surface area contributed by atoms with Gasteiger partial charge in [0, 0.05) is 29.6 Å². The Kier molecular flexibility index (Phi) is 3.68. The molecule has 0 amide bonds. The first-order valence-corrected chi connectivity index (χ1v) is 9.20. The zero-order valence-electron chi connectivity index (χ0n) is 15.3. The minimum Gasteiger partial charge on any atom is -0.508 e. The van der Waals surface area contributed by atoms with Crippen molar-refractivity contribution in [1.82, 2.24) is 9.55 Å². The molecule has 1 aromatic heterocycles. The number of anilines is 2. The van der Waals surface area contributed by atoms with Crippen LogP contribution in [0.2, 0.25) is 0 Å². The minimum atomic E-state index is -0.694. The van der Waals surface area contributed by atoms with Crippen molar-refractivity contribution >= 4 is 17.6 Å². The largest absolute Gasteiger partial charge is 0.508 e. The van der Waals surface area contributed by atoms with Crippen LogP contribution in [0.15, 0.2) is 64.4 Å². The quantitative estimate of drug-likeness (QED) is 0.685. The van der Waals surface area contributed by atoms with Crippen molar-refractivity contribution in [2.75, 3.05) is 16.8 Å². The number of nitrogens with zero attached hydrogens (tertiary/aromatic N) is 4. The standard InChI is InChI=1S/C21H19N5O2/c1-13-12-18(28)26-19(15-7-3-5-9-17(15)27)23-20(24-21(26)22-13)25-11-10-14-6-2-4-8-16(14)25/h2-9,12,19,27H,10-11H2,1H3,(H,22,23,24)/t19-/m0/s1. The fourth-order valence-electron chi connectivity index (χ4n) is 3.85. The molecule has 2 aromatic carbocycles. The van der Waals surface area contributed by atoms with E-state index in [2.05, 4.69) is 27.3 Å². The van der Waals surface area contributed by atoms with Crippen molar-refractivity contribution in [2.45, 2.75) is 19.5 Å². The lowest BCUT2D eigenvalue weighted by Gasteiger charge is -2.31. The summed E-state index contributed by atoms with van der Waals surface area (Å²) in [7, 11) is 0. The third kappa shape index (κ3) is 2.55. The number of fused-ring (bicyclic) bond motifs is 2. The van der Waals surface area contributed by atoms with Gasteiger partial charge in [0.25, 0.3) is 5.56 Å². The molecule has 0 radical (unpaired) electrons. The molecule has 5 rings (SSSR count). The van der Waals surface area contributed by atoms with E-state index >= 15 is 0 Å². The SMILES string of the molecule is Cc1cc(=O)n2c(n1)NC(N1CCc3ccccc31)=N[C@@H]2c1ccccc1O. The van der Waals surface area contributed by atoms with Crippen molar-refractivity contribution in [3.05, 3.63) is 81.8 Å². The molecular weight excluding hydrogens is 354 g/mol. The minimum absolute atomic E-state index is 0.0951. The van der Waals surface area contributed by atoms with Gasteiger partial charge >= 0.3 is 0 Å². The van der Waals surface area contributed by atoms with Gasteiger partial charge in [-0.25, -0.2) is 9.98 Å².